The van der Waals surface area contributed by atoms with Crippen molar-refractivity contribution >= 4 is 17.8 Å². The van der Waals surface area contributed by atoms with Crippen molar-refractivity contribution < 1.29 is 27.5 Å². The van der Waals surface area contributed by atoms with Gasteiger partial charge in [-0.05, 0) is 44.4 Å². The maximum absolute atomic E-state index is 13.0. The summed E-state index contributed by atoms with van der Waals surface area (Å²) in [7, 11) is 0. The second-order valence-corrected chi connectivity index (χ2v) is 10.9. The fourth-order valence-corrected chi connectivity index (χ4v) is 6.00. The van der Waals surface area contributed by atoms with Gasteiger partial charge in [0.15, 0.2) is 5.69 Å². The van der Waals surface area contributed by atoms with E-state index in [0.29, 0.717) is 24.5 Å². The van der Waals surface area contributed by atoms with Crippen molar-refractivity contribution in [1.82, 2.24) is 19.8 Å². The van der Waals surface area contributed by atoms with Gasteiger partial charge in [-0.2, -0.15) is 13.2 Å². The first-order valence-corrected chi connectivity index (χ1v) is 12.7. The number of amides is 2. The molecule has 204 valence electrons. The molecule has 1 saturated carbocycles. The summed E-state index contributed by atoms with van der Waals surface area (Å²) in [6.45, 7) is 7.31. The van der Waals surface area contributed by atoms with E-state index in [2.05, 4.69) is 14.9 Å². The molecule has 38 heavy (non-hydrogen) atoms. The number of carbonyl (C=O) groups excluding carboxylic acids is 2. The molecule has 5 rings (SSSR count). The third-order valence-electron chi connectivity index (χ3n) is 7.73. The average Bonchev–Trinajstić information content (AvgIpc) is 2.80. The molecular weight excluding hydrogens is 501 g/mol. The van der Waals surface area contributed by atoms with Gasteiger partial charge in [-0.1, -0.05) is 12.1 Å². The van der Waals surface area contributed by atoms with Crippen LogP contribution in [0, 0.1) is 5.41 Å². The third kappa shape index (κ3) is 5.27. The molecule has 2 aromatic rings. The zero-order valence-electron chi connectivity index (χ0n) is 21.3. The van der Waals surface area contributed by atoms with Crippen LogP contribution in [0.2, 0.25) is 0 Å². The van der Waals surface area contributed by atoms with Crippen LogP contribution in [0.25, 0.3) is 0 Å². The smallest absolute Gasteiger partial charge is 0.434 e. The number of anilines is 1. The van der Waals surface area contributed by atoms with Crippen molar-refractivity contribution in [1.29, 1.82) is 0 Å². The number of ether oxygens (including phenoxy) is 1. The van der Waals surface area contributed by atoms with Crippen LogP contribution in [0.4, 0.5) is 23.8 Å². The topological polar surface area (TPSA) is 105 Å². The summed E-state index contributed by atoms with van der Waals surface area (Å²) in [5.41, 5.74) is 6.07. The number of nitrogens with two attached hydrogens (primary N) is 1. The molecule has 2 N–H and O–H groups in total. The highest BCUT2D eigenvalue weighted by molar-refractivity contribution is 5.92. The number of alkyl halides is 3. The van der Waals surface area contributed by atoms with Crippen LogP contribution in [0.3, 0.4) is 0 Å². The normalized spacial score (nSPS) is 23.6. The Morgan fingerprint density at radius 2 is 1.68 bits per heavy atom. The zero-order chi connectivity index (χ0) is 27.2. The van der Waals surface area contributed by atoms with Gasteiger partial charge in [-0.3, -0.25) is 14.6 Å². The molecule has 2 atom stereocenters. The van der Waals surface area contributed by atoms with Gasteiger partial charge in [0.2, 0.25) is 5.91 Å². The number of likely N-dealkylation sites (tertiary alicyclic amines) is 1. The maximum atomic E-state index is 13.0. The van der Waals surface area contributed by atoms with Gasteiger partial charge in [0, 0.05) is 43.7 Å². The van der Waals surface area contributed by atoms with Gasteiger partial charge in [-0.15, -0.1) is 0 Å². The van der Waals surface area contributed by atoms with Crippen molar-refractivity contribution in [3.63, 3.8) is 0 Å². The minimum Gasteiger partial charge on any atom is -0.446 e. The third-order valence-corrected chi connectivity index (χ3v) is 7.73. The van der Waals surface area contributed by atoms with E-state index in [4.69, 9.17) is 10.5 Å². The highest BCUT2D eigenvalue weighted by Gasteiger charge is 2.54. The molecule has 2 aliphatic heterocycles. The van der Waals surface area contributed by atoms with Crippen LogP contribution in [0.15, 0.2) is 36.7 Å². The first kappa shape index (κ1) is 26.2. The maximum Gasteiger partial charge on any atom is 0.434 e. The zero-order valence-corrected chi connectivity index (χ0v) is 21.3. The largest absolute Gasteiger partial charge is 0.446 e. The van der Waals surface area contributed by atoms with Crippen LogP contribution in [0.1, 0.15) is 48.3 Å². The van der Waals surface area contributed by atoms with Gasteiger partial charge in [0.05, 0.1) is 24.5 Å². The summed E-state index contributed by atoms with van der Waals surface area (Å²) in [5, 5.41) is 0. The summed E-state index contributed by atoms with van der Waals surface area (Å²) in [5.74, 6) is -0.0855. The molecule has 9 nitrogen and oxygen atoms in total. The SMILES string of the molecule is C[C@@H]1CN(c2cnc(C(F)(F)F)cn2)C[C@H](C)N1C(=O)OC1CC2(C1)CN(Cc1ccc(C(N)=O)cc1)C2. The van der Waals surface area contributed by atoms with Gasteiger partial charge >= 0.3 is 12.3 Å². The van der Waals surface area contributed by atoms with E-state index in [1.54, 1.807) is 17.0 Å². The number of hydrogen-bond acceptors (Lipinski definition) is 7. The Morgan fingerprint density at radius 3 is 2.21 bits per heavy atom. The van der Waals surface area contributed by atoms with Crippen molar-refractivity contribution in [2.24, 2.45) is 11.1 Å². The first-order valence-electron chi connectivity index (χ1n) is 12.7. The number of nitrogens with zero attached hydrogens (tertiary/aromatic N) is 5. The van der Waals surface area contributed by atoms with Gasteiger partial charge in [0.1, 0.15) is 11.9 Å². The summed E-state index contributed by atoms with van der Waals surface area (Å²) < 4.78 is 44.2. The fourth-order valence-electron chi connectivity index (χ4n) is 6.00. The van der Waals surface area contributed by atoms with Crippen molar-refractivity contribution in [2.45, 2.75) is 57.6 Å². The Hall–Kier alpha value is -3.41. The molecular formula is C26H31F3N6O3. The van der Waals surface area contributed by atoms with Crippen molar-refractivity contribution in [2.75, 3.05) is 31.1 Å². The van der Waals surface area contributed by atoms with E-state index >= 15 is 0 Å². The van der Waals surface area contributed by atoms with E-state index in [9.17, 15) is 22.8 Å². The van der Waals surface area contributed by atoms with E-state index in [1.807, 2.05) is 30.9 Å². The monoisotopic (exact) mass is 532 g/mol. The molecule has 1 aliphatic carbocycles. The summed E-state index contributed by atoms with van der Waals surface area (Å²) >= 11 is 0. The van der Waals surface area contributed by atoms with Crippen molar-refractivity contribution in [3.05, 3.63) is 53.5 Å². The molecule has 1 aromatic carbocycles. The van der Waals surface area contributed by atoms with Crippen LogP contribution in [0.5, 0.6) is 0 Å². The number of carbonyl (C=O) groups is 2. The number of rotatable bonds is 5. The molecule has 1 spiro atoms. The van der Waals surface area contributed by atoms with E-state index in [1.165, 1.54) is 0 Å². The number of benzene rings is 1. The molecule has 2 saturated heterocycles. The van der Waals surface area contributed by atoms with E-state index < -0.39 is 17.8 Å². The van der Waals surface area contributed by atoms with Gasteiger partial charge in [-0.25, -0.2) is 14.8 Å². The Morgan fingerprint density at radius 1 is 1.05 bits per heavy atom. The molecule has 3 aliphatic rings. The lowest BCUT2D eigenvalue weighted by Gasteiger charge is -2.58. The number of aromatic nitrogens is 2. The van der Waals surface area contributed by atoms with Crippen LogP contribution < -0.4 is 10.6 Å². The Labute approximate surface area is 218 Å². The van der Waals surface area contributed by atoms with Crippen LogP contribution in [-0.4, -0.2) is 76.1 Å². The van der Waals surface area contributed by atoms with Crippen LogP contribution >= 0.6 is 0 Å². The number of piperazine rings is 1. The average molecular weight is 533 g/mol. The predicted octanol–water partition coefficient (Wildman–Crippen LogP) is 3.29. The van der Waals surface area contributed by atoms with Gasteiger partial charge in [0.25, 0.3) is 0 Å². The first-order chi connectivity index (χ1) is 17.9. The Bertz CT molecular complexity index is 1160. The summed E-state index contributed by atoms with van der Waals surface area (Å²) in [6.07, 6.45) is -1.47. The minimum atomic E-state index is -4.54. The van der Waals surface area contributed by atoms with E-state index in [0.717, 1.165) is 50.4 Å². The number of halogens is 3. The Kier molecular flexibility index (Phi) is 6.70. The predicted molar refractivity (Wildman–Crippen MR) is 132 cm³/mol. The molecule has 0 bridgehead atoms. The molecule has 3 fully saturated rings. The lowest BCUT2D eigenvalue weighted by molar-refractivity contribution is -0.141. The highest BCUT2D eigenvalue weighted by atomic mass is 19.4. The summed E-state index contributed by atoms with van der Waals surface area (Å²) in [4.78, 5) is 37.6. The number of hydrogen-bond donors (Lipinski definition) is 1. The second-order valence-electron chi connectivity index (χ2n) is 10.9. The summed E-state index contributed by atoms with van der Waals surface area (Å²) in [6, 6.07) is 6.91. The molecule has 1 aromatic heterocycles. The molecule has 12 heteroatoms. The Balaban J connectivity index is 1.07. The molecule has 2 amide bonds. The fraction of sp³-hybridized carbons (Fsp3) is 0.538. The van der Waals surface area contributed by atoms with Gasteiger partial charge < -0.3 is 15.4 Å². The molecule has 0 unspecified atom stereocenters. The number of primary amides is 1. The lowest BCUT2D eigenvalue weighted by atomic mass is 9.61. The lowest BCUT2D eigenvalue weighted by Crippen LogP contribution is -2.65. The highest BCUT2D eigenvalue weighted by Crippen LogP contribution is 2.50. The molecule has 3 heterocycles. The van der Waals surface area contributed by atoms with Crippen molar-refractivity contribution in [3.8, 4) is 0 Å². The minimum absolute atomic E-state index is 0.113. The standard InChI is InChI=1S/C26H31F3N6O3/c1-16-11-34(22-10-31-21(9-32-22)26(27,28)29)12-17(2)35(16)24(37)38-20-7-25(8-20)14-33(15-25)13-18-3-5-19(6-4-18)23(30)36/h3-6,9-10,16-17,20H,7-8,11-15H2,1-2H3,(H2,30,36)/t16-,17+. The van der Waals surface area contributed by atoms with E-state index in [-0.39, 0.29) is 29.7 Å². The van der Waals surface area contributed by atoms with Crippen LogP contribution in [-0.2, 0) is 17.5 Å². The second kappa shape index (κ2) is 9.72. The quantitative estimate of drug-likeness (QED) is 0.630. The molecule has 0 radical (unpaired) electrons.